The molecule has 0 heterocycles. The molecule has 0 spiro atoms. The number of guanidine groups is 1. The van der Waals surface area contributed by atoms with Crippen LogP contribution in [0.4, 0.5) is 5.69 Å². The van der Waals surface area contributed by atoms with Gasteiger partial charge in [0, 0.05) is 22.2 Å². The Morgan fingerprint density at radius 2 is 1.74 bits per heavy atom. The molecule has 0 fully saturated rings. The molecular formula is C19H18Cl2N6. The number of nitriles is 2. The molecule has 1 unspecified atom stereocenters. The number of nitrogens with zero attached hydrogens (tertiary/aromatic N) is 4. The van der Waals surface area contributed by atoms with E-state index in [-0.39, 0.29) is 12.1 Å². The second-order valence-electron chi connectivity index (χ2n) is 5.88. The van der Waals surface area contributed by atoms with Crippen molar-refractivity contribution >= 4 is 34.8 Å². The first-order valence-electron chi connectivity index (χ1n) is 8.04. The molecular weight excluding hydrogens is 383 g/mol. The zero-order valence-corrected chi connectivity index (χ0v) is 16.4. The standard InChI is InChI=1S/C19H18Cl2N6/c1-27(2)18(10-15-16(20)4-3-5-17(15)21)26-19(24-12-23)25-14-8-6-13(11-22)7-9-14/h3-9,18H,10H2,1-2H3,(H2,24,25,26). The summed E-state index contributed by atoms with van der Waals surface area (Å²) in [6, 6.07) is 14.2. The molecule has 138 valence electrons. The third kappa shape index (κ3) is 5.87. The largest absolute Gasteiger partial charge is 0.325 e. The molecule has 0 radical (unpaired) electrons. The van der Waals surface area contributed by atoms with E-state index in [0.717, 1.165) is 5.56 Å². The van der Waals surface area contributed by atoms with Crippen molar-refractivity contribution in [2.75, 3.05) is 19.4 Å². The van der Waals surface area contributed by atoms with Crippen LogP contribution >= 0.6 is 23.2 Å². The van der Waals surface area contributed by atoms with Crippen molar-refractivity contribution < 1.29 is 0 Å². The third-order valence-corrected chi connectivity index (χ3v) is 4.48. The predicted octanol–water partition coefficient (Wildman–Crippen LogP) is 3.83. The second-order valence-corrected chi connectivity index (χ2v) is 6.69. The molecule has 0 amide bonds. The average molecular weight is 401 g/mol. The van der Waals surface area contributed by atoms with Crippen LogP contribution in [0, 0.1) is 22.8 Å². The Kier molecular flexibility index (Phi) is 7.45. The minimum atomic E-state index is -0.316. The number of nitrogens with one attached hydrogen (secondary N) is 2. The molecule has 0 saturated heterocycles. The van der Waals surface area contributed by atoms with Crippen LogP contribution < -0.4 is 10.6 Å². The van der Waals surface area contributed by atoms with Crippen molar-refractivity contribution in [1.29, 1.82) is 10.5 Å². The molecule has 2 aromatic rings. The highest BCUT2D eigenvalue weighted by Gasteiger charge is 2.17. The summed E-state index contributed by atoms with van der Waals surface area (Å²) in [6.07, 6.45) is 2.03. The van der Waals surface area contributed by atoms with Crippen molar-refractivity contribution in [2.24, 2.45) is 4.99 Å². The number of likely N-dealkylation sites (N-methyl/N-ethyl adjacent to an activating group) is 1. The van der Waals surface area contributed by atoms with E-state index >= 15 is 0 Å². The quantitative estimate of drug-likeness (QED) is 0.344. The molecule has 0 bridgehead atoms. The number of halogens is 2. The van der Waals surface area contributed by atoms with Crippen molar-refractivity contribution in [3.05, 3.63) is 63.6 Å². The molecule has 6 nitrogen and oxygen atoms in total. The molecule has 0 saturated carbocycles. The number of rotatable bonds is 5. The smallest absolute Gasteiger partial charge is 0.210 e. The summed E-state index contributed by atoms with van der Waals surface area (Å²) in [5.74, 6) is 0.282. The number of aliphatic imine (C=N–C) groups is 1. The summed E-state index contributed by atoms with van der Waals surface area (Å²) in [4.78, 5) is 6.50. The molecule has 0 aliphatic rings. The lowest BCUT2D eigenvalue weighted by Crippen LogP contribution is -2.35. The highest BCUT2D eigenvalue weighted by molar-refractivity contribution is 6.36. The van der Waals surface area contributed by atoms with E-state index in [1.807, 2.05) is 25.2 Å². The molecule has 2 aromatic carbocycles. The normalized spacial score (nSPS) is 12.2. The Morgan fingerprint density at radius 1 is 1.11 bits per heavy atom. The summed E-state index contributed by atoms with van der Waals surface area (Å²) >= 11 is 12.5. The summed E-state index contributed by atoms with van der Waals surface area (Å²) < 4.78 is 0. The molecule has 0 aliphatic carbocycles. The van der Waals surface area contributed by atoms with Crippen molar-refractivity contribution in [1.82, 2.24) is 10.2 Å². The lowest BCUT2D eigenvalue weighted by molar-refractivity contribution is 0.301. The Bertz CT molecular complexity index is 874. The van der Waals surface area contributed by atoms with E-state index in [2.05, 4.69) is 21.7 Å². The Labute approximate surface area is 168 Å². The molecule has 0 aromatic heterocycles. The topological polar surface area (TPSA) is 87.2 Å². The third-order valence-electron chi connectivity index (χ3n) is 3.77. The van der Waals surface area contributed by atoms with Gasteiger partial charge in [0.25, 0.3) is 0 Å². The van der Waals surface area contributed by atoms with Gasteiger partial charge in [0.1, 0.15) is 6.17 Å². The first-order chi connectivity index (χ1) is 12.9. The molecule has 1 atom stereocenters. The van der Waals surface area contributed by atoms with Gasteiger partial charge < -0.3 is 5.32 Å². The first kappa shape index (κ1) is 20.5. The van der Waals surface area contributed by atoms with E-state index in [9.17, 15) is 0 Å². The Hall–Kier alpha value is -2.77. The van der Waals surface area contributed by atoms with Gasteiger partial charge in [-0.05, 0) is 56.1 Å². The van der Waals surface area contributed by atoms with Gasteiger partial charge in [0.15, 0.2) is 6.19 Å². The highest BCUT2D eigenvalue weighted by atomic mass is 35.5. The summed E-state index contributed by atoms with van der Waals surface area (Å²) in [6.45, 7) is 0. The van der Waals surface area contributed by atoms with E-state index in [1.165, 1.54) is 0 Å². The number of anilines is 1. The van der Waals surface area contributed by atoms with Gasteiger partial charge in [0.05, 0.1) is 11.6 Å². The van der Waals surface area contributed by atoms with Crippen molar-refractivity contribution in [3.63, 3.8) is 0 Å². The number of hydrogen-bond acceptors (Lipinski definition) is 4. The molecule has 27 heavy (non-hydrogen) atoms. The van der Waals surface area contributed by atoms with Crippen LogP contribution in [-0.4, -0.2) is 31.1 Å². The van der Waals surface area contributed by atoms with E-state index in [4.69, 9.17) is 33.7 Å². The van der Waals surface area contributed by atoms with Gasteiger partial charge in [-0.3, -0.25) is 10.2 Å². The average Bonchev–Trinajstić information content (AvgIpc) is 2.64. The first-order valence-corrected chi connectivity index (χ1v) is 8.79. The molecule has 0 aliphatic heterocycles. The van der Waals surface area contributed by atoms with Crippen LogP contribution in [-0.2, 0) is 6.42 Å². The fraction of sp³-hybridized carbons (Fsp3) is 0.211. The minimum absolute atomic E-state index is 0.282. The van der Waals surface area contributed by atoms with E-state index in [1.54, 1.807) is 42.5 Å². The SMILES string of the molecule is CN(C)C(Cc1c(Cl)cccc1Cl)/N=C(/NC#N)Nc1ccc(C#N)cc1. The van der Waals surface area contributed by atoms with Crippen molar-refractivity contribution in [3.8, 4) is 12.3 Å². The monoisotopic (exact) mass is 400 g/mol. The van der Waals surface area contributed by atoms with Gasteiger partial charge in [-0.25, -0.2) is 4.99 Å². The summed E-state index contributed by atoms with van der Waals surface area (Å²) in [5.41, 5.74) is 2.04. The van der Waals surface area contributed by atoms with Crippen molar-refractivity contribution in [2.45, 2.75) is 12.6 Å². The molecule has 2 N–H and O–H groups in total. The van der Waals surface area contributed by atoms with Gasteiger partial charge in [-0.15, -0.1) is 0 Å². The number of hydrogen-bond donors (Lipinski definition) is 2. The summed E-state index contributed by atoms with van der Waals surface area (Å²) in [7, 11) is 3.76. The molecule has 8 heteroatoms. The fourth-order valence-corrected chi connectivity index (χ4v) is 2.87. The number of benzene rings is 2. The maximum atomic E-state index is 9.05. The second kappa shape index (κ2) is 9.80. The Morgan fingerprint density at radius 3 is 2.26 bits per heavy atom. The van der Waals surface area contributed by atoms with Crippen LogP contribution in [0.2, 0.25) is 10.0 Å². The minimum Gasteiger partial charge on any atom is -0.325 e. The fourth-order valence-electron chi connectivity index (χ4n) is 2.32. The highest BCUT2D eigenvalue weighted by Crippen LogP contribution is 2.26. The zero-order valence-electron chi connectivity index (χ0n) is 14.9. The lowest BCUT2D eigenvalue weighted by Gasteiger charge is -2.23. The van der Waals surface area contributed by atoms with Crippen LogP contribution in [0.5, 0.6) is 0 Å². The lowest BCUT2D eigenvalue weighted by atomic mass is 10.1. The van der Waals surface area contributed by atoms with Gasteiger partial charge in [0.2, 0.25) is 5.96 Å². The summed E-state index contributed by atoms with van der Waals surface area (Å²) in [5, 5.41) is 24.7. The van der Waals surface area contributed by atoms with E-state index < -0.39 is 0 Å². The van der Waals surface area contributed by atoms with E-state index in [0.29, 0.717) is 27.7 Å². The van der Waals surface area contributed by atoms with Crippen LogP contribution in [0.15, 0.2) is 47.5 Å². The maximum Gasteiger partial charge on any atom is 0.210 e. The van der Waals surface area contributed by atoms with Gasteiger partial charge >= 0.3 is 0 Å². The molecule has 2 rings (SSSR count). The van der Waals surface area contributed by atoms with Crippen LogP contribution in [0.3, 0.4) is 0 Å². The maximum absolute atomic E-state index is 9.05. The van der Waals surface area contributed by atoms with Crippen LogP contribution in [0.1, 0.15) is 11.1 Å². The Balaban J connectivity index is 2.27. The van der Waals surface area contributed by atoms with Gasteiger partial charge in [-0.2, -0.15) is 10.5 Å². The van der Waals surface area contributed by atoms with Gasteiger partial charge in [-0.1, -0.05) is 29.3 Å². The van der Waals surface area contributed by atoms with Crippen LogP contribution in [0.25, 0.3) is 0 Å². The zero-order chi connectivity index (χ0) is 19.8. The predicted molar refractivity (Wildman–Crippen MR) is 109 cm³/mol.